The number of hydrogen-bond donors (Lipinski definition) is 3. The third-order valence-corrected chi connectivity index (χ3v) is 7.95. The Balaban J connectivity index is 1.62. The number of nitrogens with zero attached hydrogens (tertiary/aromatic N) is 2. The molecule has 1 heterocycles. The van der Waals surface area contributed by atoms with Gasteiger partial charge in [-0.2, -0.15) is 0 Å². The summed E-state index contributed by atoms with van der Waals surface area (Å²) in [6.45, 7) is 7.86. The second-order valence-corrected chi connectivity index (χ2v) is 11.8. The minimum atomic E-state index is -1.10. The summed E-state index contributed by atoms with van der Waals surface area (Å²) >= 11 is 0. The van der Waals surface area contributed by atoms with Gasteiger partial charge >= 0.3 is 0 Å². The van der Waals surface area contributed by atoms with Crippen LogP contribution in [0.1, 0.15) is 71.0 Å². The fourth-order valence-electron chi connectivity index (χ4n) is 5.60. The topological polar surface area (TPSA) is 94.6 Å². The van der Waals surface area contributed by atoms with Crippen molar-refractivity contribution in [1.82, 2.24) is 20.5 Å². The molecule has 2 atom stereocenters. The largest absolute Gasteiger partial charge is 0.390 e. The molecule has 248 valence electrons. The maximum absolute atomic E-state index is 14.1. The number of aryl methyl sites for hydroxylation is 1. The van der Waals surface area contributed by atoms with Gasteiger partial charge in [-0.25, -0.2) is 8.78 Å². The van der Waals surface area contributed by atoms with Crippen molar-refractivity contribution in [3.8, 4) is 11.1 Å². The van der Waals surface area contributed by atoms with Crippen molar-refractivity contribution in [2.45, 2.75) is 65.1 Å². The SMILES string of the molecule is CCCN(CCC)C(=O)c1cc(C(=O)N[C@@H](Cc2cc(F)cc(F)c2)[C@H](O)CNCc2cccc(CC)c2)cc(-c2cccnc2)c1. The van der Waals surface area contributed by atoms with Crippen LogP contribution in [0.25, 0.3) is 11.1 Å². The number of hydrogen-bond acceptors (Lipinski definition) is 5. The van der Waals surface area contributed by atoms with Crippen LogP contribution in [-0.4, -0.2) is 58.6 Å². The number of pyridine rings is 1. The molecule has 0 saturated carbocycles. The molecule has 0 fully saturated rings. The van der Waals surface area contributed by atoms with Gasteiger partial charge in [0.2, 0.25) is 0 Å². The van der Waals surface area contributed by atoms with Crippen molar-refractivity contribution in [3.63, 3.8) is 0 Å². The van der Waals surface area contributed by atoms with Crippen LogP contribution in [0.15, 0.2) is 85.2 Å². The zero-order valence-corrected chi connectivity index (χ0v) is 27.3. The Labute approximate surface area is 276 Å². The summed E-state index contributed by atoms with van der Waals surface area (Å²) in [4.78, 5) is 33.5. The summed E-state index contributed by atoms with van der Waals surface area (Å²) in [6.07, 6.45) is 4.66. The molecule has 47 heavy (non-hydrogen) atoms. The molecule has 2 amide bonds. The van der Waals surface area contributed by atoms with Gasteiger partial charge in [-0.1, -0.05) is 51.1 Å². The number of benzene rings is 3. The lowest BCUT2D eigenvalue weighted by atomic mass is 9.97. The van der Waals surface area contributed by atoms with Crippen LogP contribution in [0, 0.1) is 11.6 Å². The highest BCUT2D eigenvalue weighted by atomic mass is 19.1. The molecule has 3 aromatic carbocycles. The average molecular weight is 643 g/mol. The highest BCUT2D eigenvalue weighted by molar-refractivity contribution is 6.01. The Morgan fingerprint density at radius 2 is 1.53 bits per heavy atom. The van der Waals surface area contributed by atoms with Gasteiger partial charge < -0.3 is 20.6 Å². The summed E-state index contributed by atoms with van der Waals surface area (Å²) in [5.41, 5.74) is 4.49. The number of rotatable bonds is 16. The fraction of sp³-hybridized carbons (Fsp3) is 0.342. The van der Waals surface area contributed by atoms with Crippen LogP contribution in [0.5, 0.6) is 0 Å². The quantitative estimate of drug-likeness (QED) is 0.133. The van der Waals surface area contributed by atoms with E-state index in [4.69, 9.17) is 0 Å². The molecule has 0 spiro atoms. The third-order valence-electron chi connectivity index (χ3n) is 7.95. The van der Waals surface area contributed by atoms with Crippen LogP contribution in [0.4, 0.5) is 8.78 Å². The summed E-state index contributed by atoms with van der Waals surface area (Å²) in [6, 6.07) is 19.0. The predicted octanol–water partition coefficient (Wildman–Crippen LogP) is 6.34. The van der Waals surface area contributed by atoms with Gasteiger partial charge in [0.05, 0.1) is 12.1 Å². The van der Waals surface area contributed by atoms with Crippen molar-refractivity contribution in [2.75, 3.05) is 19.6 Å². The number of carbonyl (C=O) groups is 2. The lowest BCUT2D eigenvalue weighted by Crippen LogP contribution is -2.48. The van der Waals surface area contributed by atoms with E-state index in [1.165, 1.54) is 17.7 Å². The Hall–Kier alpha value is -4.47. The standard InChI is InChI=1S/C38H44F2N4O3/c1-4-13-44(14-5-2)38(47)32-20-30(29-11-8-12-41-24-29)19-31(21-32)37(46)43-35(18-28-16-33(39)22-34(40)17-28)36(45)25-42-23-27-10-7-9-26(6-3)15-27/h7-12,15-17,19-22,24,35-36,42,45H,4-6,13-14,18,23,25H2,1-3H3,(H,43,46)/t35-,36+/m0/s1. The van der Waals surface area contributed by atoms with E-state index in [9.17, 15) is 23.5 Å². The van der Waals surface area contributed by atoms with Crippen molar-refractivity contribution >= 4 is 11.8 Å². The molecule has 0 aliphatic heterocycles. The number of aromatic nitrogens is 1. The first-order valence-electron chi connectivity index (χ1n) is 16.3. The van der Waals surface area contributed by atoms with Gasteiger partial charge in [0.25, 0.3) is 11.8 Å². The van der Waals surface area contributed by atoms with Crippen LogP contribution >= 0.6 is 0 Å². The van der Waals surface area contributed by atoms with E-state index in [2.05, 4.69) is 34.7 Å². The summed E-state index contributed by atoms with van der Waals surface area (Å²) in [7, 11) is 0. The van der Waals surface area contributed by atoms with E-state index in [0.717, 1.165) is 36.5 Å². The predicted molar refractivity (Wildman–Crippen MR) is 181 cm³/mol. The van der Waals surface area contributed by atoms with Crippen molar-refractivity contribution in [2.24, 2.45) is 0 Å². The number of aliphatic hydroxyl groups is 1. The van der Waals surface area contributed by atoms with Gasteiger partial charge in [0, 0.05) is 61.3 Å². The molecular weight excluding hydrogens is 598 g/mol. The van der Waals surface area contributed by atoms with E-state index in [1.54, 1.807) is 41.6 Å². The van der Waals surface area contributed by atoms with Crippen molar-refractivity contribution in [1.29, 1.82) is 0 Å². The number of aliphatic hydroxyl groups excluding tert-OH is 1. The summed E-state index contributed by atoms with van der Waals surface area (Å²) in [5.74, 6) is -2.20. The Bertz CT molecular complexity index is 1610. The molecule has 0 aliphatic carbocycles. The first-order chi connectivity index (χ1) is 22.7. The maximum atomic E-state index is 14.1. The van der Waals surface area contributed by atoms with E-state index < -0.39 is 29.7 Å². The van der Waals surface area contributed by atoms with Crippen molar-refractivity contribution < 1.29 is 23.5 Å². The van der Waals surface area contributed by atoms with Crippen molar-refractivity contribution in [3.05, 3.63) is 125 Å². The highest BCUT2D eigenvalue weighted by Crippen LogP contribution is 2.24. The summed E-state index contributed by atoms with van der Waals surface area (Å²) in [5, 5.41) is 17.5. The first-order valence-corrected chi connectivity index (χ1v) is 16.3. The van der Waals surface area contributed by atoms with E-state index in [1.807, 2.05) is 32.0 Å². The van der Waals surface area contributed by atoms with E-state index in [-0.39, 0.29) is 30.0 Å². The molecule has 4 rings (SSSR count). The minimum Gasteiger partial charge on any atom is -0.390 e. The number of carbonyl (C=O) groups excluding carboxylic acids is 2. The number of halogens is 2. The molecule has 1 aromatic heterocycles. The third kappa shape index (κ3) is 10.3. The van der Waals surface area contributed by atoms with Gasteiger partial charge in [0.1, 0.15) is 11.6 Å². The molecule has 3 N–H and O–H groups in total. The number of nitrogens with one attached hydrogen (secondary N) is 2. The van der Waals surface area contributed by atoms with Crippen LogP contribution in [-0.2, 0) is 19.4 Å². The molecule has 4 aromatic rings. The van der Waals surface area contributed by atoms with E-state index >= 15 is 0 Å². The first kappa shape index (κ1) is 35.4. The van der Waals surface area contributed by atoms with Crippen LogP contribution in [0.2, 0.25) is 0 Å². The molecule has 0 saturated heterocycles. The molecule has 9 heteroatoms. The Morgan fingerprint density at radius 3 is 2.19 bits per heavy atom. The van der Waals surface area contributed by atoms with Crippen LogP contribution < -0.4 is 10.6 Å². The second kappa shape index (κ2) is 17.4. The van der Waals surface area contributed by atoms with E-state index in [0.29, 0.717) is 30.8 Å². The van der Waals surface area contributed by atoms with Gasteiger partial charge in [0.15, 0.2) is 0 Å². The normalized spacial score (nSPS) is 12.4. The lowest BCUT2D eigenvalue weighted by molar-refractivity contribution is 0.0755. The fourth-order valence-corrected chi connectivity index (χ4v) is 5.60. The zero-order valence-electron chi connectivity index (χ0n) is 27.3. The Kier molecular flexibility index (Phi) is 13.1. The Morgan fingerprint density at radius 1 is 0.830 bits per heavy atom. The zero-order chi connectivity index (χ0) is 33.8. The smallest absolute Gasteiger partial charge is 0.253 e. The molecule has 0 aliphatic rings. The average Bonchev–Trinajstić information content (AvgIpc) is 3.07. The van der Waals surface area contributed by atoms with Crippen LogP contribution in [0.3, 0.4) is 0 Å². The molecule has 0 bridgehead atoms. The molecule has 7 nitrogen and oxygen atoms in total. The van der Waals surface area contributed by atoms with Gasteiger partial charge in [-0.05, 0) is 84.3 Å². The second-order valence-electron chi connectivity index (χ2n) is 11.8. The number of amides is 2. The molecule has 0 unspecified atom stereocenters. The lowest BCUT2D eigenvalue weighted by Gasteiger charge is -2.26. The van der Waals surface area contributed by atoms with Gasteiger partial charge in [-0.3, -0.25) is 14.6 Å². The molecular formula is C38H44F2N4O3. The minimum absolute atomic E-state index is 0.0244. The summed E-state index contributed by atoms with van der Waals surface area (Å²) < 4.78 is 28.2. The monoisotopic (exact) mass is 642 g/mol. The maximum Gasteiger partial charge on any atom is 0.253 e. The molecule has 0 radical (unpaired) electrons. The highest BCUT2D eigenvalue weighted by Gasteiger charge is 2.25. The van der Waals surface area contributed by atoms with Gasteiger partial charge in [-0.15, -0.1) is 0 Å².